The zero-order valence-corrected chi connectivity index (χ0v) is 13.6. The minimum absolute atomic E-state index is 0.128. The van der Waals surface area contributed by atoms with Crippen LogP contribution >= 0.6 is 0 Å². The lowest BCUT2D eigenvalue weighted by molar-refractivity contribution is 0.0505. The van der Waals surface area contributed by atoms with Crippen molar-refractivity contribution in [3.8, 4) is 11.5 Å². The Hall–Kier alpha value is -2.33. The molecule has 4 nitrogen and oxygen atoms in total. The average Bonchev–Trinajstić information content (AvgIpc) is 2.59. The van der Waals surface area contributed by atoms with Crippen molar-refractivity contribution in [3.05, 3.63) is 59.2 Å². The molecule has 2 aromatic carbocycles. The van der Waals surface area contributed by atoms with Crippen molar-refractivity contribution in [3.63, 3.8) is 0 Å². The first-order valence-electron chi connectivity index (χ1n) is 7.68. The van der Waals surface area contributed by atoms with Gasteiger partial charge in [0.15, 0.2) is 13.1 Å². The molecule has 0 atom stereocenters. The zero-order valence-electron chi connectivity index (χ0n) is 13.6. The molecule has 0 saturated carbocycles. The van der Waals surface area contributed by atoms with Crippen LogP contribution in [0.4, 0.5) is 0 Å². The lowest BCUT2D eigenvalue weighted by atomic mass is 10.0. The summed E-state index contributed by atoms with van der Waals surface area (Å²) >= 11 is 0. The molecule has 0 spiro atoms. The minimum atomic E-state index is 0.128. The van der Waals surface area contributed by atoms with E-state index in [0.717, 1.165) is 30.4 Å². The Labute approximate surface area is 137 Å². The Bertz CT molecular complexity index is 620. The van der Waals surface area contributed by atoms with Crippen molar-refractivity contribution in [2.75, 3.05) is 20.5 Å². The van der Waals surface area contributed by atoms with Crippen molar-refractivity contribution in [2.24, 2.45) is 0 Å². The molecule has 0 saturated heterocycles. The molecule has 0 fully saturated rings. The molecule has 2 rings (SSSR count). The molecular weight excluding hydrogens is 292 g/mol. The van der Waals surface area contributed by atoms with Gasteiger partial charge in [-0.15, -0.1) is 0 Å². The van der Waals surface area contributed by atoms with E-state index in [9.17, 15) is 4.79 Å². The summed E-state index contributed by atoms with van der Waals surface area (Å²) in [5, 5.41) is 0. The number of carbonyl (C=O) groups is 1. The molecule has 0 aromatic heterocycles. The Morgan fingerprint density at radius 1 is 0.957 bits per heavy atom. The van der Waals surface area contributed by atoms with Gasteiger partial charge in [0.2, 0.25) is 0 Å². The Morgan fingerprint density at radius 3 is 2.30 bits per heavy atom. The van der Waals surface area contributed by atoms with Crippen LogP contribution in [0.25, 0.3) is 0 Å². The summed E-state index contributed by atoms with van der Waals surface area (Å²) in [5.74, 6) is 1.45. The molecule has 0 amide bonds. The molecule has 0 bridgehead atoms. The fourth-order valence-electron chi connectivity index (χ4n) is 2.29. The van der Waals surface area contributed by atoms with Crippen molar-refractivity contribution in [1.82, 2.24) is 0 Å². The van der Waals surface area contributed by atoms with Gasteiger partial charge in [0.25, 0.3) is 0 Å². The first kappa shape index (κ1) is 17.0. The van der Waals surface area contributed by atoms with Gasteiger partial charge in [-0.2, -0.15) is 0 Å². The molecule has 0 aliphatic heterocycles. The molecule has 0 aliphatic rings. The Morgan fingerprint density at radius 2 is 1.65 bits per heavy atom. The third-order valence-corrected chi connectivity index (χ3v) is 3.47. The number of hydrogen-bond donors (Lipinski definition) is 0. The molecule has 4 heteroatoms. The van der Waals surface area contributed by atoms with Crippen molar-refractivity contribution in [1.29, 1.82) is 0 Å². The van der Waals surface area contributed by atoms with Crippen LogP contribution in [0, 0.1) is 0 Å². The number of carbonyl (C=O) groups excluding carboxylic acids is 1. The third kappa shape index (κ3) is 5.11. The second-order valence-corrected chi connectivity index (χ2v) is 5.12. The van der Waals surface area contributed by atoms with Crippen LogP contribution in [0.15, 0.2) is 42.5 Å². The van der Waals surface area contributed by atoms with E-state index in [4.69, 9.17) is 14.2 Å². The second-order valence-electron chi connectivity index (χ2n) is 5.12. The predicted molar refractivity (Wildman–Crippen MR) is 89.4 cm³/mol. The van der Waals surface area contributed by atoms with E-state index >= 15 is 0 Å². The fourth-order valence-corrected chi connectivity index (χ4v) is 2.29. The summed E-state index contributed by atoms with van der Waals surface area (Å²) in [5.41, 5.74) is 2.90. The quantitative estimate of drug-likeness (QED) is 0.523. The first-order chi connectivity index (χ1) is 11.3. The first-order valence-corrected chi connectivity index (χ1v) is 7.68. The van der Waals surface area contributed by atoms with Crippen molar-refractivity contribution in [2.45, 2.75) is 19.8 Å². The van der Waals surface area contributed by atoms with Crippen molar-refractivity contribution >= 4 is 6.29 Å². The van der Waals surface area contributed by atoms with Gasteiger partial charge in [0.05, 0.1) is 12.2 Å². The van der Waals surface area contributed by atoms with Gasteiger partial charge in [-0.05, 0) is 55.2 Å². The second kappa shape index (κ2) is 8.96. The molecule has 2 aromatic rings. The number of aldehydes is 1. The molecule has 0 aliphatic carbocycles. The lowest BCUT2D eigenvalue weighted by Crippen LogP contribution is -2.02. The predicted octanol–water partition coefficient (Wildman–Crippen LogP) is 3.67. The molecule has 23 heavy (non-hydrogen) atoms. The van der Waals surface area contributed by atoms with Crippen LogP contribution in [-0.4, -0.2) is 26.8 Å². The van der Waals surface area contributed by atoms with Crippen LogP contribution in [-0.2, 0) is 17.6 Å². The van der Waals surface area contributed by atoms with E-state index in [1.165, 1.54) is 5.56 Å². The highest BCUT2D eigenvalue weighted by Crippen LogP contribution is 2.21. The Balaban J connectivity index is 2.00. The highest BCUT2D eigenvalue weighted by atomic mass is 16.7. The molecule has 0 radical (unpaired) electrons. The summed E-state index contributed by atoms with van der Waals surface area (Å²) in [6, 6.07) is 13.8. The van der Waals surface area contributed by atoms with Crippen molar-refractivity contribution < 1.29 is 19.0 Å². The number of methoxy groups -OCH3 is 1. The van der Waals surface area contributed by atoms with E-state index < -0.39 is 0 Å². The monoisotopic (exact) mass is 314 g/mol. The summed E-state index contributed by atoms with van der Waals surface area (Å²) in [7, 11) is 1.55. The maximum Gasteiger partial charge on any atom is 0.188 e. The molecule has 0 N–H and O–H groups in total. The molecular formula is C19H22O4. The average molecular weight is 314 g/mol. The molecule has 122 valence electrons. The number of ether oxygens (including phenoxy) is 3. The van der Waals surface area contributed by atoms with E-state index in [2.05, 4.69) is 12.1 Å². The van der Waals surface area contributed by atoms with Gasteiger partial charge in [0, 0.05) is 7.11 Å². The largest absolute Gasteiger partial charge is 0.494 e. The van der Waals surface area contributed by atoms with Gasteiger partial charge in [-0.1, -0.05) is 18.2 Å². The van der Waals surface area contributed by atoms with E-state index in [-0.39, 0.29) is 6.79 Å². The standard InChI is InChI=1S/C19H22O4/c1-3-22-18-10-7-15(8-11-18)4-5-16-6-9-17(13-20)19(12-16)23-14-21-2/h6-13H,3-5,14H2,1-2H3. The van der Waals surface area contributed by atoms with Gasteiger partial charge in [-0.25, -0.2) is 0 Å². The fraction of sp³-hybridized carbons (Fsp3) is 0.316. The smallest absolute Gasteiger partial charge is 0.188 e. The van der Waals surface area contributed by atoms with Gasteiger partial charge < -0.3 is 14.2 Å². The molecule has 0 heterocycles. The number of hydrogen-bond acceptors (Lipinski definition) is 4. The Kier molecular flexibility index (Phi) is 6.63. The van der Waals surface area contributed by atoms with Crippen LogP contribution in [0.3, 0.4) is 0 Å². The third-order valence-electron chi connectivity index (χ3n) is 3.47. The number of benzene rings is 2. The van der Waals surface area contributed by atoms with E-state index in [0.29, 0.717) is 17.9 Å². The summed E-state index contributed by atoms with van der Waals surface area (Å²) in [6.45, 7) is 2.77. The van der Waals surface area contributed by atoms with Crippen LogP contribution in [0.5, 0.6) is 11.5 Å². The highest BCUT2D eigenvalue weighted by Gasteiger charge is 2.05. The van der Waals surface area contributed by atoms with Gasteiger partial charge >= 0.3 is 0 Å². The van der Waals surface area contributed by atoms with Gasteiger partial charge in [-0.3, -0.25) is 4.79 Å². The topological polar surface area (TPSA) is 44.8 Å². The summed E-state index contributed by atoms with van der Waals surface area (Å²) in [6.07, 6.45) is 2.58. The van der Waals surface area contributed by atoms with E-state index in [1.807, 2.05) is 31.2 Å². The maximum atomic E-state index is 11.0. The van der Waals surface area contributed by atoms with Crippen LogP contribution in [0.2, 0.25) is 0 Å². The highest BCUT2D eigenvalue weighted by molar-refractivity contribution is 5.79. The normalized spacial score (nSPS) is 10.3. The van der Waals surface area contributed by atoms with Crippen LogP contribution < -0.4 is 9.47 Å². The number of aryl methyl sites for hydroxylation is 2. The summed E-state index contributed by atoms with van der Waals surface area (Å²) < 4.78 is 15.8. The minimum Gasteiger partial charge on any atom is -0.494 e. The molecule has 0 unspecified atom stereocenters. The summed E-state index contributed by atoms with van der Waals surface area (Å²) in [4.78, 5) is 11.0. The zero-order chi connectivity index (χ0) is 16.5. The lowest BCUT2D eigenvalue weighted by Gasteiger charge is -2.10. The van der Waals surface area contributed by atoms with E-state index in [1.54, 1.807) is 13.2 Å². The number of rotatable bonds is 9. The maximum absolute atomic E-state index is 11.0. The van der Waals surface area contributed by atoms with Gasteiger partial charge in [0.1, 0.15) is 11.5 Å². The van der Waals surface area contributed by atoms with Crippen LogP contribution in [0.1, 0.15) is 28.4 Å². The SMILES string of the molecule is CCOc1ccc(CCc2ccc(C=O)c(OCOC)c2)cc1.